The molecule has 4 heteroatoms. The topological polar surface area (TPSA) is 55.8 Å². The summed E-state index contributed by atoms with van der Waals surface area (Å²) in [4.78, 5) is 11.6. The summed E-state index contributed by atoms with van der Waals surface area (Å²) < 4.78 is 10.6. The summed E-state index contributed by atoms with van der Waals surface area (Å²) in [7, 11) is 0. The molecule has 0 aromatic heterocycles. The molecule has 1 rings (SSSR count). The van der Waals surface area contributed by atoms with Crippen molar-refractivity contribution < 1.29 is 19.4 Å². The fourth-order valence-electron chi connectivity index (χ4n) is 2.65. The molecule has 1 aliphatic rings. The van der Waals surface area contributed by atoms with E-state index in [0.29, 0.717) is 51.4 Å². The Bertz CT molecular complexity index is 280. The van der Waals surface area contributed by atoms with Gasteiger partial charge in [-0.05, 0) is 51.4 Å². The highest BCUT2D eigenvalue weighted by molar-refractivity contribution is 5.72. The van der Waals surface area contributed by atoms with Gasteiger partial charge in [0.25, 0.3) is 0 Å². The molecule has 20 heavy (non-hydrogen) atoms. The normalized spacial score (nSPS) is 26.8. The molecule has 0 aromatic rings. The maximum absolute atomic E-state index is 11.6. The van der Waals surface area contributed by atoms with Crippen LogP contribution in [0.5, 0.6) is 0 Å². The Morgan fingerprint density at radius 2 is 2.00 bits per heavy atom. The van der Waals surface area contributed by atoms with E-state index in [1.54, 1.807) is 0 Å². The van der Waals surface area contributed by atoms with Gasteiger partial charge in [-0.2, -0.15) is 0 Å². The molecule has 0 amide bonds. The molecule has 1 N–H and O–H groups in total. The summed E-state index contributed by atoms with van der Waals surface area (Å²) in [6, 6.07) is 0. The number of rotatable bonds is 8. The summed E-state index contributed by atoms with van der Waals surface area (Å²) >= 11 is 0. The van der Waals surface area contributed by atoms with E-state index in [2.05, 4.69) is 13.8 Å². The summed E-state index contributed by atoms with van der Waals surface area (Å²) in [6.45, 7) is 7.75. The van der Waals surface area contributed by atoms with Crippen LogP contribution in [0.2, 0.25) is 0 Å². The van der Waals surface area contributed by atoms with E-state index in [-0.39, 0.29) is 11.9 Å². The Balaban J connectivity index is 2.19. The van der Waals surface area contributed by atoms with Crippen molar-refractivity contribution in [2.24, 2.45) is 11.8 Å². The first kappa shape index (κ1) is 17.4. The molecule has 118 valence electrons. The van der Waals surface area contributed by atoms with Gasteiger partial charge in [0, 0.05) is 6.61 Å². The molecule has 4 nitrogen and oxygen atoms in total. The first-order valence-electron chi connectivity index (χ1n) is 7.93. The molecule has 1 fully saturated rings. The van der Waals surface area contributed by atoms with Gasteiger partial charge in [0.05, 0.1) is 24.7 Å². The van der Waals surface area contributed by atoms with Crippen LogP contribution in [0.4, 0.5) is 0 Å². The Hall–Kier alpha value is -0.610. The number of hydrogen-bond acceptors (Lipinski definition) is 4. The number of hydrogen-bond donors (Lipinski definition) is 1. The second-order valence-corrected chi connectivity index (χ2v) is 6.34. The average Bonchev–Trinajstić information content (AvgIpc) is 2.39. The molecule has 1 saturated carbocycles. The van der Waals surface area contributed by atoms with Crippen LogP contribution in [0.25, 0.3) is 0 Å². The highest BCUT2D eigenvalue weighted by Gasteiger charge is 2.36. The van der Waals surface area contributed by atoms with E-state index in [9.17, 15) is 9.90 Å². The number of carbonyl (C=O) groups excluding carboxylic acids is 1. The lowest BCUT2D eigenvalue weighted by Gasteiger charge is -2.34. The van der Waals surface area contributed by atoms with E-state index < -0.39 is 5.60 Å². The summed E-state index contributed by atoms with van der Waals surface area (Å²) in [6.07, 6.45) is 4.85. The van der Waals surface area contributed by atoms with Gasteiger partial charge < -0.3 is 14.6 Å². The maximum Gasteiger partial charge on any atom is 0.308 e. The zero-order valence-electron chi connectivity index (χ0n) is 13.2. The molecule has 0 heterocycles. The highest BCUT2D eigenvalue weighted by Crippen LogP contribution is 2.33. The summed E-state index contributed by atoms with van der Waals surface area (Å²) in [5.74, 6) is 0.533. The zero-order valence-corrected chi connectivity index (χ0v) is 13.2. The van der Waals surface area contributed by atoms with Crippen molar-refractivity contribution >= 4 is 5.97 Å². The van der Waals surface area contributed by atoms with Crippen LogP contribution < -0.4 is 0 Å². The van der Waals surface area contributed by atoms with Gasteiger partial charge in [-0.15, -0.1) is 0 Å². The van der Waals surface area contributed by atoms with Crippen LogP contribution in [0.15, 0.2) is 0 Å². The van der Waals surface area contributed by atoms with Crippen molar-refractivity contribution in [2.45, 2.75) is 64.9 Å². The molecular weight excluding hydrogens is 256 g/mol. The minimum absolute atomic E-state index is 0.0452. The zero-order chi connectivity index (χ0) is 15.0. The first-order chi connectivity index (χ1) is 9.47. The van der Waals surface area contributed by atoms with Gasteiger partial charge in [0.1, 0.15) is 0 Å². The molecule has 0 spiro atoms. The van der Waals surface area contributed by atoms with Gasteiger partial charge in [-0.25, -0.2) is 0 Å². The van der Waals surface area contributed by atoms with Crippen molar-refractivity contribution in [3.8, 4) is 0 Å². The monoisotopic (exact) mass is 286 g/mol. The van der Waals surface area contributed by atoms with E-state index in [0.717, 1.165) is 12.8 Å². The molecule has 0 aromatic carbocycles. The minimum atomic E-state index is -0.749. The van der Waals surface area contributed by atoms with Crippen molar-refractivity contribution in [2.75, 3.05) is 19.8 Å². The van der Waals surface area contributed by atoms with Crippen LogP contribution in [0.3, 0.4) is 0 Å². The molecule has 0 aliphatic heterocycles. The van der Waals surface area contributed by atoms with Crippen molar-refractivity contribution in [3.05, 3.63) is 0 Å². The quantitative estimate of drug-likeness (QED) is 0.550. The standard InChI is InChI=1S/C16H30O4/c1-4-20-15(17)14-7-9-16(18,10-8-14)12-19-11-5-6-13(2)3/h13-14,18H,4-12H2,1-3H3. The maximum atomic E-state index is 11.6. The predicted molar refractivity (Wildman–Crippen MR) is 78.4 cm³/mol. The Labute approximate surface area is 122 Å². The fraction of sp³-hybridized carbons (Fsp3) is 0.938. The number of aliphatic hydroxyl groups is 1. The van der Waals surface area contributed by atoms with Gasteiger partial charge >= 0.3 is 5.97 Å². The molecule has 0 bridgehead atoms. The second-order valence-electron chi connectivity index (χ2n) is 6.34. The molecule has 0 unspecified atom stereocenters. The average molecular weight is 286 g/mol. The van der Waals surface area contributed by atoms with E-state index >= 15 is 0 Å². The Morgan fingerprint density at radius 3 is 2.55 bits per heavy atom. The van der Waals surface area contributed by atoms with Crippen LogP contribution in [-0.2, 0) is 14.3 Å². The lowest BCUT2D eigenvalue weighted by molar-refractivity contribution is -0.152. The van der Waals surface area contributed by atoms with Crippen LogP contribution >= 0.6 is 0 Å². The molecule has 1 aliphatic carbocycles. The SMILES string of the molecule is CCOC(=O)C1CCC(O)(COCCCC(C)C)CC1. The lowest BCUT2D eigenvalue weighted by Crippen LogP contribution is -2.40. The summed E-state index contributed by atoms with van der Waals surface area (Å²) in [5.41, 5.74) is -0.749. The lowest BCUT2D eigenvalue weighted by atomic mass is 9.79. The van der Waals surface area contributed by atoms with Gasteiger partial charge in [0.2, 0.25) is 0 Å². The number of esters is 1. The third-order valence-electron chi connectivity index (χ3n) is 3.98. The molecule has 0 radical (unpaired) electrons. The van der Waals surface area contributed by atoms with Crippen molar-refractivity contribution in [1.82, 2.24) is 0 Å². The van der Waals surface area contributed by atoms with Gasteiger partial charge in [0.15, 0.2) is 0 Å². The highest BCUT2D eigenvalue weighted by atomic mass is 16.5. The number of ether oxygens (including phenoxy) is 2. The Kier molecular flexibility index (Phi) is 7.52. The van der Waals surface area contributed by atoms with E-state index in [1.165, 1.54) is 0 Å². The van der Waals surface area contributed by atoms with Crippen LogP contribution in [-0.4, -0.2) is 36.5 Å². The predicted octanol–water partition coefficient (Wildman–Crippen LogP) is 2.92. The van der Waals surface area contributed by atoms with Crippen molar-refractivity contribution in [3.63, 3.8) is 0 Å². The third kappa shape index (κ3) is 6.23. The summed E-state index contributed by atoms with van der Waals surface area (Å²) in [5, 5.41) is 10.4. The smallest absolute Gasteiger partial charge is 0.308 e. The van der Waals surface area contributed by atoms with Crippen LogP contribution in [0.1, 0.15) is 59.3 Å². The Morgan fingerprint density at radius 1 is 1.35 bits per heavy atom. The van der Waals surface area contributed by atoms with Crippen LogP contribution in [0, 0.1) is 11.8 Å². The van der Waals surface area contributed by atoms with Gasteiger partial charge in [-0.3, -0.25) is 4.79 Å². The van der Waals surface area contributed by atoms with E-state index in [4.69, 9.17) is 9.47 Å². The largest absolute Gasteiger partial charge is 0.466 e. The fourth-order valence-corrected chi connectivity index (χ4v) is 2.65. The van der Waals surface area contributed by atoms with Crippen molar-refractivity contribution in [1.29, 1.82) is 0 Å². The third-order valence-corrected chi connectivity index (χ3v) is 3.98. The van der Waals surface area contributed by atoms with Gasteiger partial charge in [-0.1, -0.05) is 13.8 Å². The molecular formula is C16H30O4. The minimum Gasteiger partial charge on any atom is -0.466 e. The molecule has 0 saturated heterocycles. The second kappa shape index (κ2) is 8.63. The van der Waals surface area contributed by atoms with E-state index in [1.807, 2.05) is 6.92 Å². The molecule has 0 atom stereocenters. The number of carbonyl (C=O) groups is 1. The first-order valence-corrected chi connectivity index (χ1v) is 7.93.